The molecule has 1 N–H and O–H groups in total. The molecule has 1 heterocycles. The minimum Gasteiger partial charge on any atom is -0.267 e. The van der Waals surface area contributed by atoms with Crippen molar-refractivity contribution in [2.75, 3.05) is 6.26 Å². The monoisotopic (exact) mass is 212 g/mol. The molecule has 0 atom stereocenters. The average Bonchev–Trinajstić information content (AvgIpc) is 2.27. The number of nitrogens with zero attached hydrogens (tertiary/aromatic N) is 1. The van der Waals surface area contributed by atoms with Crippen LogP contribution in [0.3, 0.4) is 0 Å². The maximum Gasteiger partial charge on any atom is 0.274 e. The van der Waals surface area contributed by atoms with Gasteiger partial charge in [-0.25, -0.2) is 13.1 Å². The predicted molar refractivity (Wildman–Crippen MR) is 52.2 cm³/mol. The number of nitrogens with one attached hydrogen (secondary N) is 1. The van der Waals surface area contributed by atoms with Crippen LogP contribution in [0.1, 0.15) is 0 Å². The van der Waals surface area contributed by atoms with Gasteiger partial charge in [-0.05, 0) is 12.2 Å². The zero-order valence-corrected chi connectivity index (χ0v) is 8.21. The fourth-order valence-corrected chi connectivity index (χ4v) is 1.18. The van der Waals surface area contributed by atoms with Crippen molar-refractivity contribution in [2.45, 2.75) is 0 Å². The molecule has 0 aromatic heterocycles. The van der Waals surface area contributed by atoms with E-state index in [1.54, 1.807) is 6.08 Å². The van der Waals surface area contributed by atoms with Crippen LogP contribution in [-0.4, -0.2) is 26.8 Å². The van der Waals surface area contributed by atoms with E-state index in [-0.39, 0.29) is 5.57 Å². The van der Waals surface area contributed by atoms with Crippen LogP contribution in [0.5, 0.6) is 0 Å². The zero-order valence-electron chi connectivity index (χ0n) is 7.39. The number of aliphatic imine (C=N–C) groups is 1. The number of hydrogen-bond donors (Lipinski definition) is 1. The molecule has 0 aromatic rings. The van der Waals surface area contributed by atoms with Gasteiger partial charge in [0.2, 0.25) is 10.0 Å². The van der Waals surface area contributed by atoms with Gasteiger partial charge >= 0.3 is 0 Å². The molecule has 0 spiro atoms. The van der Waals surface area contributed by atoms with Crippen molar-refractivity contribution < 1.29 is 13.2 Å². The van der Waals surface area contributed by atoms with Crippen molar-refractivity contribution in [2.24, 2.45) is 4.99 Å². The number of rotatable bonds is 2. The zero-order chi connectivity index (χ0) is 10.6. The Hall–Kier alpha value is -1.65. The van der Waals surface area contributed by atoms with Crippen molar-refractivity contribution in [3.8, 4) is 0 Å². The van der Waals surface area contributed by atoms with Crippen LogP contribution in [-0.2, 0) is 14.8 Å². The molecular formula is C8H8N2O3S. The molecule has 0 saturated heterocycles. The lowest BCUT2D eigenvalue weighted by atomic mass is 10.3. The maximum absolute atomic E-state index is 11.2. The van der Waals surface area contributed by atoms with Crippen LogP contribution in [0.25, 0.3) is 0 Å². The molecule has 0 unspecified atom stereocenters. The Morgan fingerprint density at radius 3 is 2.93 bits per heavy atom. The first kappa shape index (κ1) is 10.4. The highest BCUT2D eigenvalue weighted by molar-refractivity contribution is 7.89. The molecule has 1 aliphatic rings. The summed E-state index contributed by atoms with van der Waals surface area (Å²) in [7, 11) is -3.54. The molecule has 1 aliphatic heterocycles. The molecule has 1 rings (SSSR count). The van der Waals surface area contributed by atoms with Gasteiger partial charge < -0.3 is 0 Å². The third-order valence-electron chi connectivity index (χ3n) is 1.23. The first-order valence-corrected chi connectivity index (χ1v) is 5.55. The van der Waals surface area contributed by atoms with E-state index >= 15 is 0 Å². The normalized spacial score (nSPS) is 14.8. The summed E-state index contributed by atoms with van der Waals surface area (Å²) < 4.78 is 23.3. The summed E-state index contributed by atoms with van der Waals surface area (Å²) in [4.78, 5) is 14.9. The Morgan fingerprint density at radius 2 is 2.29 bits per heavy atom. The molecule has 0 fully saturated rings. The molecule has 74 valence electrons. The summed E-state index contributed by atoms with van der Waals surface area (Å²) in [6.45, 7) is 0. The maximum atomic E-state index is 11.2. The van der Waals surface area contributed by atoms with E-state index in [2.05, 4.69) is 10.7 Å². The lowest BCUT2D eigenvalue weighted by Crippen LogP contribution is -2.30. The topological polar surface area (TPSA) is 75.6 Å². The Kier molecular flexibility index (Phi) is 3.01. The SMILES string of the molecule is CS(=O)(=O)NC(=O)C1=C=CC=CN=C1. The Balaban J connectivity index is 2.87. The van der Waals surface area contributed by atoms with Crippen molar-refractivity contribution in [1.29, 1.82) is 0 Å². The van der Waals surface area contributed by atoms with E-state index in [1.807, 2.05) is 4.72 Å². The second-order valence-corrected chi connectivity index (χ2v) is 4.30. The number of allylic oxidation sites excluding steroid dienone is 1. The van der Waals surface area contributed by atoms with Gasteiger partial charge in [-0.15, -0.1) is 5.73 Å². The molecule has 14 heavy (non-hydrogen) atoms. The summed E-state index contributed by atoms with van der Waals surface area (Å²) in [5.74, 6) is -0.740. The number of carbonyl (C=O) groups excluding carboxylic acids is 1. The van der Waals surface area contributed by atoms with E-state index < -0.39 is 15.9 Å². The fourth-order valence-electron chi connectivity index (χ4n) is 0.733. The quantitative estimate of drug-likeness (QED) is 0.641. The lowest BCUT2D eigenvalue weighted by molar-refractivity contribution is -0.115. The first-order valence-electron chi connectivity index (χ1n) is 3.66. The Labute approximate surface area is 81.6 Å². The molecule has 0 aliphatic carbocycles. The minimum atomic E-state index is -3.54. The van der Waals surface area contributed by atoms with Crippen LogP contribution >= 0.6 is 0 Å². The Bertz CT molecular complexity index is 465. The fraction of sp³-hybridized carbons (Fsp3) is 0.125. The molecule has 0 bridgehead atoms. The number of amides is 1. The molecule has 6 heteroatoms. The smallest absolute Gasteiger partial charge is 0.267 e. The first-order chi connectivity index (χ1) is 6.49. The molecule has 0 aromatic carbocycles. The van der Waals surface area contributed by atoms with Crippen molar-refractivity contribution >= 4 is 22.1 Å². The van der Waals surface area contributed by atoms with E-state index in [4.69, 9.17) is 0 Å². The summed E-state index contributed by atoms with van der Waals surface area (Å²) in [6, 6.07) is 0. The van der Waals surface area contributed by atoms with Gasteiger partial charge in [-0.1, -0.05) is 0 Å². The van der Waals surface area contributed by atoms with Gasteiger partial charge in [0.05, 0.1) is 6.26 Å². The second-order valence-electron chi connectivity index (χ2n) is 2.55. The minimum absolute atomic E-state index is 0.0698. The van der Waals surface area contributed by atoms with Crippen LogP contribution in [0.4, 0.5) is 0 Å². The average molecular weight is 212 g/mol. The highest BCUT2D eigenvalue weighted by Gasteiger charge is 2.11. The summed E-state index contributed by atoms with van der Waals surface area (Å²) in [6.07, 6.45) is 6.66. The molecule has 5 nitrogen and oxygen atoms in total. The van der Waals surface area contributed by atoms with Gasteiger partial charge in [-0.2, -0.15) is 0 Å². The third-order valence-corrected chi connectivity index (χ3v) is 1.79. The van der Waals surface area contributed by atoms with Crippen LogP contribution in [0.15, 0.2) is 34.6 Å². The highest BCUT2D eigenvalue weighted by atomic mass is 32.2. The predicted octanol–water partition coefficient (Wildman–Crippen LogP) is -0.258. The van der Waals surface area contributed by atoms with Gasteiger partial charge in [0, 0.05) is 12.4 Å². The van der Waals surface area contributed by atoms with Crippen molar-refractivity contribution in [3.63, 3.8) is 0 Å². The van der Waals surface area contributed by atoms with E-state index in [9.17, 15) is 13.2 Å². The molecule has 0 saturated carbocycles. The molecular weight excluding hydrogens is 204 g/mol. The van der Waals surface area contributed by atoms with Gasteiger partial charge in [-0.3, -0.25) is 9.79 Å². The van der Waals surface area contributed by atoms with Gasteiger partial charge in [0.25, 0.3) is 5.91 Å². The Morgan fingerprint density at radius 1 is 1.57 bits per heavy atom. The van der Waals surface area contributed by atoms with Crippen molar-refractivity contribution in [1.82, 2.24) is 4.72 Å². The summed E-state index contributed by atoms with van der Waals surface area (Å²) in [5.41, 5.74) is 2.65. The van der Waals surface area contributed by atoms with Crippen LogP contribution in [0.2, 0.25) is 0 Å². The second kappa shape index (κ2) is 4.04. The number of hydrogen-bond acceptors (Lipinski definition) is 4. The standard InChI is InChI=1S/C8H8N2O3S/c1-14(12,13)10-8(11)7-4-2-3-5-9-6-7/h2-3,5-6H,1H3,(H,10,11). The van der Waals surface area contributed by atoms with Crippen LogP contribution in [0, 0.1) is 0 Å². The third kappa shape index (κ3) is 3.38. The van der Waals surface area contributed by atoms with E-state index in [1.165, 1.54) is 18.5 Å². The summed E-state index contributed by atoms with van der Waals surface area (Å²) in [5, 5.41) is 0. The lowest BCUT2D eigenvalue weighted by Gasteiger charge is -1.99. The largest absolute Gasteiger partial charge is 0.274 e. The molecule has 1 amide bonds. The van der Waals surface area contributed by atoms with Crippen molar-refractivity contribution in [3.05, 3.63) is 29.7 Å². The van der Waals surface area contributed by atoms with E-state index in [0.717, 1.165) is 6.26 Å². The van der Waals surface area contributed by atoms with Gasteiger partial charge in [0.1, 0.15) is 5.57 Å². The van der Waals surface area contributed by atoms with Crippen LogP contribution < -0.4 is 4.72 Å². The van der Waals surface area contributed by atoms with Gasteiger partial charge in [0.15, 0.2) is 0 Å². The molecule has 0 radical (unpaired) electrons. The number of carbonyl (C=O) groups is 1. The van der Waals surface area contributed by atoms with E-state index in [0.29, 0.717) is 0 Å². The highest BCUT2D eigenvalue weighted by Crippen LogP contribution is 1.94. The summed E-state index contributed by atoms with van der Waals surface area (Å²) >= 11 is 0. The number of sulfonamides is 1.